The maximum atomic E-state index is 14.1. The summed E-state index contributed by atoms with van der Waals surface area (Å²) in [4.78, 5) is 13.3. The van der Waals surface area contributed by atoms with Crippen LogP contribution in [0.15, 0.2) is 22.7 Å². The van der Waals surface area contributed by atoms with Gasteiger partial charge in [-0.1, -0.05) is 15.9 Å². The van der Waals surface area contributed by atoms with Gasteiger partial charge in [-0.05, 0) is 51.1 Å². The van der Waals surface area contributed by atoms with Crippen molar-refractivity contribution in [2.24, 2.45) is 0 Å². The molecule has 3 nitrogen and oxygen atoms in total. The zero-order valence-corrected chi connectivity index (χ0v) is 12.4. The monoisotopic (exact) mass is 329 g/mol. The Balaban J connectivity index is 2.46. The average molecular weight is 330 g/mol. The van der Waals surface area contributed by atoms with Crippen LogP contribution in [0.25, 0.3) is 0 Å². The van der Waals surface area contributed by atoms with Gasteiger partial charge >= 0.3 is 5.97 Å². The Labute approximate surface area is 120 Å². The minimum Gasteiger partial charge on any atom is -0.481 e. The van der Waals surface area contributed by atoms with Crippen LogP contribution in [-0.4, -0.2) is 29.1 Å². The predicted molar refractivity (Wildman–Crippen MR) is 74.5 cm³/mol. The molecule has 1 N–H and O–H groups in total. The molecule has 1 aliphatic heterocycles. The van der Waals surface area contributed by atoms with Crippen molar-refractivity contribution in [1.29, 1.82) is 0 Å². The van der Waals surface area contributed by atoms with Gasteiger partial charge in [0.25, 0.3) is 0 Å². The Hall–Kier alpha value is -0.940. The summed E-state index contributed by atoms with van der Waals surface area (Å²) < 4.78 is 14.9. The molecule has 0 aliphatic carbocycles. The van der Waals surface area contributed by atoms with Gasteiger partial charge in [0, 0.05) is 10.0 Å². The number of carbonyl (C=O) groups is 1. The highest BCUT2D eigenvalue weighted by atomic mass is 79.9. The molecule has 0 spiro atoms. The normalized spacial score (nSPS) is 19.3. The lowest BCUT2D eigenvalue weighted by atomic mass is 9.86. The van der Waals surface area contributed by atoms with Gasteiger partial charge in [-0.15, -0.1) is 0 Å². The van der Waals surface area contributed by atoms with Gasteiger partial charge < -0.3 is 5.11 Å². The molecule has 0 aromatic heterocycles. The van der Waals surface area contributed by atoms with E-state index in [-0.39, 0.29) is 12.2 Å². The zero-order chi connectivity index (χ0) is 14.0. The Kier molecular flexibility index (Phi) is 4.26. The molecular weight excluding hydrogens is 313 g/mol. The van der Waals surface area contributed by atoms with Gasteiger partial charge in [-0.3, -0.25) is 9.69 Å². The van der Waals surface area contributed by atoms with Crippen LogP contribution in [0.2, 0.25) is 0 Å². The van der Waals surface area contributed by atoms with Crippen molar-refractivity contribution < 1.29 is 14.3 Å². The molecule has 104 valence electrons. The third kappa shape index (κ3) is 2.98. The summed E-state index contributed by atoms with van der Waals surface area (Å²) in [6.07, 6.45) is 1.97. The predicted octanol–water partition coefficient (Wildman–Crippen LogP) is 3.37. The Bertz CT molecular complexity index is 488. The number of nitrogens with zero attached hydrogens (tertiary/aromatic N) is 1. The fraction of sp³-hybridized carbons (Fsp3) is 0.500. The third-order valence-corrected chi connectivity index (χ3v) is 4.30. The Morgan fingerprint density at radius 1 is 1.47 bits per heavy atom. The van der Waals surface area contributed by atoms with Crippen molar-refractivity contribution in [2.75, 3.05) is 13.1 Å². The van der Waals surface area contributed by atoms with E-state index in [1.165, 1.54) is 6.07 Å². The second-order valence-corrected chi connectivity index (χ2v) is 6.08. The molecule has 5 heteroatoms. The van der Waals surface area contributed by atoms with E-state index in [1.807, 2.05) is 6.92 Å². The van der Waals surface area contributed by atoms with E-state index in [0.29, 0.717) is 5.56 Å². The summed E-state index contributed by atoms with van der Waals surface area (Å²) in [6.45, 7) is 3.45. The van der Waals surface area contributed by atoms with Crippen molar-refractivity contribution >= 4 is 21.9 Å². The number of hydrogen-bond acceptors (Lipinski definition) is 2. The quantitative estimate of drug-likeness (QED) is 0.920. The van der Waals surface area contributed by atoms with Gasteiger partial charge in [-0.25, -0.2) is 4.39 Å². The second-order valence-electron chi connectivity index (χ2n) is 5.16. The van der Waals surface area contributed by atoms with Crippen LogP contribution >= 0.6 is 15.9 Å². The fourth-order valence-electron chi connectivity index (χ4n) is 2.79. The van der Waals surface area contributed by atoms with Crippen molar-refractivity contribution in [1.82, 2.24) is 4.90 Å². The number of hydrogen-bond donors (Lipinski definition) is 1. The summed E-state index contributed by atoms with van der Waals surface area (Å²) >= 11 is 3.33. The maximum absolute atomic E-state index is 14.1. The van der Waals surface area contributed by atoms with E-state index in [1.54, 1.807) is 12.1 Å². The van der Waals surface area contributed by atoms with E-state index in [4.69, 9.17) is 0 Å². The molecule has 1 atom stereocenters. The fourth-order valence-corrected chi connectivity index (χ4v) is 3.15. The summed E-state index contributed by atoms with van der Waals surface area (Å²) in [6, 6.07) is 4.70. The van der Waals surface area contributed by atoms with E-state index in [2.05, 4.69) is 20.8 Å². The molecule has 19 heavy (non-hydrogen) atoms. The second kappa shape index (κ2) is 5.59. The first-order chi connectivity index (χ1) is 8.93. The smallest absolute Gasteiger partial charge is 0.305 e. The van der Waals surface area contributed by atoms with Gasteiger partial charge in [0.2, 0.25) is 0 Å². The van der Waals surface area contributed by atoms with Crippen molar-refractivity contribution in [3.63, 3.8) is 0 Å². The molecule has 2 rings (SSSR count). The molecule has 0 bridgehead atoms. The largest absolute Gasteiger partial charge is 0.481 e. The average Bonchev–Trinajstić information content (AvgIpc) is 2.85. The van der Waals surface area contributed by atoms with Crippen LogP contribution in [0.4, 0.5) is 4.39 Å². The number of aliphatic carboxylic acids is 1. The number of carboxylic acids is 1. The van der Waals surface area contributed by atoms with E-state index >= 15 is 0 Å². The molecule has 0 radical (unpaired) electrons. The van der Waals surface area contributed by atoms with Gasteiger partial charge in [0.1, 0.15) is 5.82 Å². The molecule has 1 aromatic carbocycles. The minimum atomic E-state index is -0.909. The van der Waals surface area contributed by atoms with Crippen molar-refractivity contribution in [3.05, 3.63) is 34.1 Å². The Morgan fingerprint density at radius 2 is 2.11 bits per heavy atom. The number of halogens is 2. The highest BCUT2D eigenvalue weighted by Gasteiger charge is 2.39. The van der Waals surface area contributed by atoms with E-state index in [9.17, 15) is 14.3 Å². The van der Waals surface area contributed by atoms with Crippen LogP contribution in [0.5, 0.6) is 0 Å². The summed E-state index contributed by atoms with van der Waals surface area (Å²) in [5, 5.41) is 9.17. The number of rotatable bonds is 4. The summed E-state index contributed by atoms with van der Waals surface area (Å²) in [5.41, 5.74) is -0.345. The lowest BCUT2D eigenvalue weighted by Gasteiger charge is -2.38. The van der Waals surface area contributed by atoms with Crippen LogP contribution < -0.4 is 0 Å². The first-order valence-corrected chi connectivity index (χ1v) is 7.15. The maximum Gasteiger partial charge on any atom is 0.305 e. The van der Waals surface area contributed by atoms with Crippen LogP contribution in [-0.2, 0) is 10.3 Å². The molecule has 1 saturated heterocycles. The van der Waals surface area contributed by atoms with Gasteiger partial charge in [0.05, 0.1) is 12.0 Å². The number of likely N-dealkylation sites (tertiary alicyclic amines) is 1. The lowest BCUT2D eigenvalue weighted by molar-refractivity contribution is -0.140. The van der Waals surface area contributed by atoms with E-state index < -0.39 is 11.5 Å². The third-order valence-electron chi connectivity index (χ3n) is 3.81. The first kappa shape index (κ1) is 14.5. The Morgan fingerprint density at radius 3 is 2.68 bits per heavy atom. The lowest BCUT2D eigenvalue weighted by Crippen LogP contribution is -2.44. The topological polar surface area (TPSA) is 40.5 Å². The summed E-state index contributed by atoms with van der Waals surface area (Å²) in [5.74, 6) is -1.26. The molecule has 1 unspecified atom stereocenters. The molecule has 1 aromatic rings. The first-order valence-electron chi connectivity index (χ1n) is 6.36. The van der Waals surface area contributed by atoms with Crippen LogP contribution in [0.3, 0.4) is 0 Å². The van der Waals surface area contributed by atoms with Crippen LogP contribution in [0.1, 0.15) is 31.7 Å². The number of benzene rings is 1. The molecule has 0 amide bonds. The van der Waals surface area contributed by atoms with Crippen molar-refractivity contribution in [2.45, 2.75) is 31.7 Å². The minimum absolute atomic E-state index is 0.0969. The SMILES string of the molecule is CC(CC(=O)O)(c1cc(Br)ccc1F)N1CCCC1. The molecule has 1 aliphatic rings. The highest BCUT2D eigenvalue weighted by molar-refractivity contribution is 9.10. The zero-order valence-electron chi connectivity index (χ0n) is 10.8. The molecule has 0 saturated carbocycles. The molecular formula is C14H17BrFNO2. The summed E-state index contributed by atoms with van der Waals surface area (Å²) in [7, 11) is 0. The van der Waals surface area contributed by atoms with Gasteiger partial charge in [-0.2, -0.15) is 0 Å². The highest BCUT2D eigenvalue weighted by Crippen LogP contribution is 2.37. The standard InChI is InChI=1S/C14H17BrFNO2/c1-14(9-13(18)19,17-6-2-3-7-17)11-8-10(15)4-5-12(11)16/h4-5,8H,2-3,6-7,9H2,1H3,(H,18,19). The van der Waals surface area contributed by atoms with Crippen LogP contribution in [0, 0.1) is 5.82 Å². The number of carboxylic acid groups (broad SMARTS) is 1. The van der Waals surface area contributed by atoms with E-state index in [0.717, 1.165) is 30.4 Å². The van der Waals surface area contributed by atoms with Gasteiger partial charge in [0.15, 0.2) is 0 Å². The van der Waals surface area contributed by atoms with Crippen molar-refractivity contribution in [3.8, 4) is 0 Å². The molecule has 1 fully saturated rings. The molecule has 1 heterocycles.